The summed E-state index contributed by atoms with van der Waals surface area (Å²) in [5.41, 5.74) is 5.44. The fourth-order valence-electron chi connectivity index (χ4n) is 4.00. The van der Waals surface area contributed by atoms with Crippen molar-refractivity contribution in [2.75, 3.05) is 30.4 Å². The van der Waals surface area contributed by atoms with Crippen molar-refractivity contribution >= 4 is 34.3 Å². The molecule has 4 aromatic rings. The lowest BCUT2D eigenvalue weighted by atomic mass is 10.1. The molecule has 0 aliphatic carbocycles. The van der Waals surface area contributed by atoms with Crippen LogP contribution in [-0.4, -0.2) is 56.6 Å². The van der Waals surface area contributed by atoms with Crippen LogP contribution in [-0.2, 0) is 9.53 Å². The van der Waals surface area contributed by atoms with Crippen LogP contribution in [0.1, 0.15) is 18.4 Å². The van der Waals surface area contributed by atoms with Crippen LogP contribution in [0.2, 0.25) is 0 Å². The molecule has 10 nitrogen and oxygen atoms in total. The number of hydrogen-bond acceptors (Lipinski definition) is 8. The molecule has 4 heterocycles. The van der Waals surface area contributed by atoms with Crippen molar-refractivity contribution in [2.45, 2.75) is 25.8 Å². The zero-order chi connectivity index (χ0) is 23.3. The molecule has 5 rings (SSSR count). The summed E-state index contributed by atoms with van der Waals surface area (Å²) in [6.07, 6.45) is 6.04. The van der Waals surface area contributed by atoms with Crippen LogP contribution in [0.3, 0.4) is 0 Å². The third-order valence-corrected chi connectivity index (χ3v) is 5.78. The van der Waals surface area contributed by atoms with Crippen LogP contribution in [0, 0.1) is 6.92 Å². The maximum atomic E-state index is 12.6. The van der Waals surface area contributed by atoms with Gasteiger partial charge in [0.15, 0.2) is 5.65 Å². The Balaban J connectivity index is 1.36. The molecule has 4 N–H and O–H groups in total. The minimum Gasteiger partial charge on any atom is -0.380 e. The fraction of sp³-hybridized carbons (Fsp3) is 0.292. The van der Waals surface area contributed by atoms with Crippen molar-refractivity contribution in [3.63, 3.8) is 0 Å². The molecule has 0 spiro atoms. The van der Waals surface area contributed by atoms with Gasteiger partial charge in [0.25, 0.3) is 0 Å². The SMILES string of the molecule is Cc1ccc(NC(=O)CC2CCOCCN2)cc1Nc1ncccc1-c1ncnc2nc[nH]c12. The van der Waals surface area contributed by atoms with E-state index in [0.29, 0.717) is 36.8 Å². The van der Waals surface area contributed by atoms with E-state index in [1.165, 1.54) is 6.33 Å². The summed E-state index contributed by atoms with van der Waals surface area (Å²) >= 11 is 0. The quantitative estimate of drug-likeness (QED) is 0.347. The van der Waals surface area contributed by atoms with Crippen molar-refractivity contribution < 1.29 is 9.53 Å². The van der Waals surface area contributed by atoms with Crippen molar-refractivity contribution in [1.82, 2.24) is 30.2 Å². The van der Waals surface area contributed by atoms with Crippen LogP contribution in [0.25, 0.3) is 22.4 Å². The molecular weight excluding hydrogens is 432 g/mol. The second-order valence-corrected chi connectivity index (χ2v) is 8.18. The lowest BCUT2D eigenvalue weighted by molar-refractivity contribution is -0.116. The topological polar surface area (TPSA) is 130 Å². The zero-order valence-corrected chi connectivity index (χ0v) is 18.8. The van der Waals surface area contributed by atoms with Crippen molar-refractivity contribution in [1.29, 1.82) is 0 Å². The highest BCUT2D eigenvalue weighted by atomic mass is 16.5. The molecule has 1 saturated heterocycles. The summed E-state index contributed by atoms with van der Waals surface area (Å²) in [5.74, 6) is 0.613. The summed E-state index contributed by atoms with van der Waals surface area (Å²) in [4.78, 5) is 33.2. The number of H-pyrrole nitrogens is 1. The number of pyridine rings is 1. The maximum Gasteiger partial charge on any atom is 0.225 e. The van der Waals surface area contributed by atoms with Gasteiger partial charge in [0.05, 0.1) is 12.9 Å². The molecule has 1 aliphatic rings. The Kier molecular flexibility index (Phi) is 6.41. The lowest BCUT2D eigenvalue weighted by Crippen LogP contribution is -2.33. The summed E-state index contributed by atoms with van der Waals surface area (Å²) in [6, 6.07) is 9.72. The number of rotatable bonds is 6. The van der Waals surface area contributed by atoms with Gasteiger partial charge in [-0.05, 0) is 43.2 Å². The number of nitrogens with zero attached hydrogens (tertiary/aromatic N) is 4. The van der Waals surface area contributed by atoms with Crippen molar-refractivity contribution in [3.05, 3.63) is 54.7 Å². The number of fused-ring (bicyclic) bond motifs is 1. The zero-order valence-electron chi connectivity index (χ0n) is 18.8. The van der Waals surface area contributed by atoms with E-state index in [-0.39, 0.29) is 11.9 Å². The highest BCUT2D eigenvalue weighted by Crippen LogP contribution is 2.32. The van der Waals surface area contributed by atoms with E-state index in [0.717, 1.165) is 41.0 Å². The molecule has 1 fully saturated rings. The van der Waals surface area contributed by atoms with E-state index in [1.54, 1.807) is 12.5 Å². The first-order valence-electron chi connectivity index (χ1n) is 11.3. The molecule has 0 radical (unpaired) electrons. The second-order valence-electron chi connectivity index (χ2n) is 8.18. The number of nitrogens with one attached hydrogen (secondary N) is 4. The predicted molar refractivity (Wildman–Crippen MR) is 130 cm³/mol. The number of carbonyl (C=O) groups is 1. The molecule has 34 heavy (non-hydrogen) atoms. The van der Waals surface area contributed by atoms with E-state index < -0.39 is 0 Å². The van der Waals surface area contributed by atoms with Gasteiger partial charge in [0.1, 0.15) is 23.4 Å². The lowest BCUT2D eigenvalue weighted by Gasteiger charge is -2.16. The summed E-state index contributed by atoms with van der Waals surface area (Å²) in [7, 11) is 0. The highest BCUT2D eigenvalue weighted by molar-refractivity contribution is 5.93. The number of benzene rings is 1. The van der Waals surface area contributed by atoms with Gasteiger partial charge in [-0.3, -0.25) is 4.79 Å². The van der Waals surface area contributed by atoms with Gasteiger partial charge in [0.2, 0.25) is 5.91 Å². The van der Waals surface area contributed by atoms with E-state index >= 15 is 0 Å². The van der Waals surface area contributed by atoms with Crippen LogP contribution < -0.4 is 16.0 Å². The van der Waals surface area contributed by atoms with Gasteiger partial charge >= 0.3 is 0 Å². The third-order valence-electron chi connectivity index (χ3n) is 5.78. The molecule has 1 amide bonds. The Morgan fingerprint density at radius 1 is 1.18 bits per heavy atom. The Labute approximate surface area is 196 Å². The third kappa shape index (κ3) is 4.87. The molecule has 3 aromatic heterocycles. The first kappa shape index (κ1) is 21.9. The molecule has 1 unspecified atom stereocenters. The van der Waals surface area contributed by atoms with E-state index in [4.69, 9.17) is 4.74 Å². The van der Waals surface area contributed by atoms with Crippen LogP contribution in [0.5, 0.6) is 0 Å². The van der Waals surface area contributed by atoms with E-state index in [9.17, 15) is 4.79 Å². The minimum atomic E-state index is -0.0321. The molecule has 1 aliphatic heterocycles. The Hall–Kier alpha value is -3.89. The molecule has 10 heteroatoms. The molecule has 0 saturated carbocycles. The number of ether oxygens (including phenoxy) is 1. The van der Waals surface area contributed by atoms with Gasteiger partial charge in [0, 0.05) is 48.7 Å². The number of imidazole rings is 1. The largest absolute Gasteiger partial charge is 0.380 e. The molecule has 0 bridgehead atoms. The molecule has 1 aromatic carbocycles. The molecule has 1 atom stereocenters. The fourth-order valence-corrected chi connectivity index (χ4v) is 4.00. The monoisotopic (exact) mass is 458 g/mol. The minimum absolute atomic E-state index is 0.0321. The van der Waals surface area contributed by atoms with Gasteiger partial charge in [-0.1, -0.05) is 6.07 Å². The number of anilines is 3. The Bertz CT molecular complexity index is 1300. The number of aromatic nitrogens is 5. The summed E-state index contributed by atoms with van der Waals surface area (Å²) < 4.78 is 5.45. The summed E-state index contributed by atoms with van der Waals surface area (Å²) in [6.45, 7) is 4.12. The van der Waals surface area contributed by atoms with Crippen LogP contribution in [0.4, 0.5) is 17.2 Å². The van der Waals surface area contributed by atoms with Crippen LogP contribution in [0.15, 0.2) is 49.2 Å². The van der Waals surface area contributed by atoms with Crippen LogP contribution >= 0.6 is 0 Å². The van der Waals surface area contributed by atoms with E-state index in [1.807, 2.05) is 37.3 Å². The highest BCUT2D eigenvalue weighted by Gasteiger charge is 2.17. The standard InChI is InChI=1S/C24H26N8O2/c1-15-4-5-17(31-20(33)12-16-6-9-34-10-8-25-16)11-19(15)32-23-18(3-2-7-26-23)21-22-24(29-13-27-21)30-14-28-22/h2-5,7,11,13-14,16,25H,6,8-10,12H2,1H3,(H,26,32)(H,31,33)(H,27,28,29,30). The van der Waals surface area contributed by atoms with Gasteiger partial charge in [-0.2, -0.15) is 0 Å². The number of aryl methyl sites for hydroxylation is 1. The summed E-state index contributed by atoms with van der Waals surface area (Å²) in [5, 5.41) is 9.79. The Morgan fingerprint density at radius 3 is 3.06 bits per heavy atom. The van der Waals surface area contributed by atoms with Crippen molar-refractivity contribution in [3.8, 4) is 11.3 Å². The number of carbonyl (C=O) groups excluding carboxylic acids is 1. The predicted octanol–water partition coefficient (Wildman–Crippen LogP) is 3.17. The first-order valence-corrected chi connectivity index (χ1v) is 11.3. The smallest absolute Gasteiger partial charge is 0.225 e. The first-order chi connectivity index (χ1) is 16.7. The normalized spacial score (nSPS) is 16.2. The molecular formula is C24H26N8O2. The second kappa shape index (κ2) is 9.94. The Morgan fingerprint density at radius 2 is 2.12 bits per heavy atom. The number of hydrogen-bond donors (Lipinski definition) is 4. The van der Waals surface area contributed by atoms with Crippen molar-refractivity contribution in [2.24, 2.45) is 0 Å². The maximum absolute atomic E-state index is 12.6. The van der Waals surface area contributed by atoms with Gasteiger partial charge in [-0.25, -0.2) is 19.9 Å². The average Bonchev–Trinajstić information content (AvgIpc) is 3.19. The van der Waals surface area contributed by atoms with E-state index in [2.05, 4.69) is 40.9 Å². The number of amides is 1. The number of aromatic amines is 1. The van der Waals surface area contributed by atoms with Gasteiger partial charge in [-0.15, -0.1) is 0 Å². The molecule has 174 valence electrons. The average molecular weight is 459 g/mol. The van der Waals surface area contributed by atoms with Gasteiger partial charge < -0.3 is 25.7 Å².